The van der Waals surface area contributed by atoms with Gasteiger partial charge in [-0.05, 0) is 30.5 Å². The third kappa shape index (κ3) is 4.69. The number of unbranched alkanes of at least 4 members (excludes halogenated alkanes) is 1. The van der Waals surface area contributed by atoms with Crippen LogP contribution in [-0.2, 0) is 17.1 Å². The summed E-state index contributed by atoms with van der Waals surface area (Å²) in [6.07, 6.45) is 6.34. The molecular weight excluding hydrogens is 326 g/mol. The Labute approximate surface area is 143 Å². The molecule has 0 spiro atoms. The molecule has 0 fully saturated rings. The molecule has 0 aliphatic rings. The lowest BCUT2D eigenvalue weighted by Gasteiger charge is -2.19. The lowest BCUT2D eigenvalue weighted by Crippen LogP contribution is -2.33. The minimum Gasteiger partial charge on any atom is -0.497 e. The van der Waals surface area contributed by atoms with E-state index in [1.54, 1.807) is 30.1 Å². The molecular formula is C17H23N3O3S. The summed E-state index contributed by atoms with van der Waals surface area (Å²) in [5.41, 5.74) is 0.774. The van der Waals surface area contributed by atoms with Crippen molar-refractivity contribution in [2.75, 3.05) is 12.9 Å². The average Bonchev–Trinajstić information content (AvgIpc) is 2.99. The van der Waals surface area contributed by atoms with Gasteiger partial charge in [0.15, 0.2) is 0 Å². The zero-order valence-electron chi connectivity index (χ0n) is 14.0. The molecule has 1 unspecified atom stereocenters. The zero-order valence-corrected chi connectivity index (χ0v) is 14.8. The first-order valence-corrected chi connectivity index (χ1v) is 9.34. The fourth-order valence-corrected chi connectivity index (χ4v) is 3.67. The van der Waals surface area contributed by atoms with Gasteiger partial charge in [-0.3, -0.25) is 0 Å². The third-order valence-electron chi connectivity index (χ3n) is 3.66. The van der Waals surface area contributed by atoms with Gasteiger partial charge in [-0.1, -0.05) is 18.2 Å². The fraction of sp³-hybridized carbons (Fsp3) is 0.353. The van der Waals surface area contributed by atoms with Crippen molar-refractivity contribution in [2.45, 2.75) is 18.9 Å². The first-order chi connectivity index (χ1) is 11.5. The van der Waals surface area contributed by atoms with Crippen LogP contribution < -0.4 is 9.46 Å². The average molecular weight is 349 g/mol. The number of allylic oxidation sites excluding steroid dienone is 1. The number of benzene rings is 1. The van der Waals surface area contributed by atoms with Crippen molar-refractivity contribution in [3.63, 3.8) is 0 Å². The number of nitrogens with zero attached hydrogens (tertiary/aromatic N) is 2. The molecule has 0 amide bonds. The van der Waals surface area contributed by atoms with E-state index < -0.39 is 16.1 Å². The van der Waals surface area contributed by atoms with Gasteiger partial charge in [-0.25, -0.2) is 18.1 Å². The Morgan fingerprint density at radius 3 is 2.88 bits per heavy atom. The van der Waals surface area contributed by atoms with Crippen LogP contribution in [0, 0.1) is 0 Å². The smallest absolute Gasteiger partial charge is 0.212 e. The molecule has 2 aromatic rings. The summed E-state index contributed by atoms with van der Waals surface area (Å²) < 4.78 is 34.7. The van der Waals surface area contributed by atoms with E-state index in [0.29, 0.717) is 24.4 Å². The number of imidazole rings is 1. The molecule has 2 rings (SSSR count). The topological polar surface area (TPSA) is 73.2 Å². The van der Waals surface area contributed by atoms with Gasteiger partial charge in [0.1, 0.15) is 17.6 Å². The van der Waals surface area contributed by atoms with Gasteiger partial charge in [0, 0.05) is 19.4 Å². The van der Waals surface area contributed by atoms with E-state index in [2.05, 4.69) is 16.3 Å². The summed E-state index contributed by atoms with van der Waals surface area (Å²) in [6.45, 7) is 3.62. The van der Waals surface area contributed by atoms with Gasteiger partial charge in [-0.2, -0.15) is 0 Å². The fourth-order valence-electron chi connectivity index (χ4n) is 2.40. The summed E-state index contributed by atoms with van der Waals surface area (Å²) in [5, 5.41) is 0. The molecule has 0 aliphatic carbocycles. The molecule has 0 radical (unpaired) electrons. The van der Waals surface area contributed by atoms with Gasteiger partial charge in [0.2, 0.25) is 10.0 Å². The van der Waals surface area contributed by atoms with Crippen LogP contribution in [0.15, 0.2) is 49.3 Å². The summed E-state index contributed by atoms with van der Waals surface area (Å²) in [7, 11) is -0.0429. The van der Waals surface area contributed by atoms with Crippen LogP contribution in [0.1, 0.15) is 30.3 Å². The van der Waals surface area contributed by atoms with Gasteiger partial charge < -0.3 is 9.30 Å². The van der Waals surface area contributed by atoms with Crippen molar-refractivity contribution in [1.82, 2.24) is 14.3 Å². The second-order valence-corrected chi connectivity index (χ2v) is 7.35. The minimum atomic E-state index is -3.46. The maximum absolute atomic E-state index is 12.4. The minimum absolute atomic E-state index is 0.0455. The number of nitrogens with one attached hydrogen (secondary N) is 1. The molecule has 1 atom stereocenters. The van der Waals surface area contributed by atoms with Gasteiger partial charge >= 0.3 is 0 Å². The van der Waals surface area contributed by atoms with E-state index in [1.165, 1.54) is 0 Å². The number of sulfonamides is 1. The third-order valence-corrected chi connectivity index (χ3v) is 5.08. The van der Waals surface area contributed by atoms with Gasteiger partial charge in [-0.15, -0.1) is 6.58 Å². The van der Waals surface area contributed by atoms with Crippen molar-refractivity contribution in [3.8, 4) is 5.75 Å². The number of hydrogen-bond donors (Lipinski definition) is 1. The highest BCUT2D eigenvalue weighted by Gasteiger charge is 2.24. The second kappa shape index (κ2) is 8.12. The molecule has 1 aromatic heterocycles. The first kappa shape index (κ1) is 18.2. The van der Waals surface area contributed by atoms with E-state index in [9.17, 15) is 8.42 Å². The zero-order chi connectivity index (χ0) is 17.6. The SMILES string of the molecule is C=CCCCS(=O)(=O)NC(c1cccc(OC)c1)c1nccn1C. The Morgan fingerprint density at radius 1 is 1.46 bits per heavy atom. The Kier molecular flexibility index (Phi) is 6.16. The number of hydrogen-bond acceptors (Lipinski definition) is 4. The van der Waals surface area contributed by atoms with Crippen LogP contribution in [0.2, 0.25) is 0 Å². The van der Waals surface area contributed by atoms with E-state index >= 15 is 0 Å². The van der Waals surface area contributed by atoms with Gasteiger partial charge in [0.25, 0.3) is 0 Å². The van der Waals surface area contributed by atoms with Crippen molar-refractivity contribution in [1.29, 1.82) is 0 Å². The molecule has 0 saturated heterocycles. The summed E-state index contributed by atoms with van der Waals surface area (Å²) >= 11 is 0. The van der Waals surface area contributed by atoms with Crippen LogP contribution in [0.25, 0.3) is 0 Å². The molecule has 6 nitrogen and oxygen atoms in total. The number of aryl methyl sites for hydroxylation is 1. The molecule has 0 aliphatic heterocycles. The molecule has 1 heterocycles. The maximum atomic E-state index is 12.4. The molecule has 24 heavy (non-hydrogen) atoms. The molecule has 1 N–H and O–H groups in total. The quantitative estimate of drug-likeness (QED) is 0.557. The van der Waals surface area contributed by atoms with Crippen LogP contribution >= 0.6 is 0 Å². The maximum Gasteiger partial charge on any atom is 0.212 e. The van der Waals surface area contributed by atoms with Crippen LogP contribution in [-0.4, -0.2) is 30.8 Å². The van der Waals surface area contributed by atoms with Crippen molar-refractivity contribution in [3.05, 3.63) is 60.7 Å². The Bertz CT molecular complexity index is 784. The van der Waals surface area contributed by atoms with E-state index in [-0.39, 0.29) is 5.75 Å². The number of ether oxygens (including phenoxy) is 1. The number of aromatic nitrogens is 2. The van der Waals surface area contributed by atoms with Crippen molar-refractivity contribution in [2.24, 2.45) is 7.05 Å². The van der Waals surface area contributed by atoms with Gasteiger partial charge in [0.05, 0.1) is 12.9 Å². The largest absolute Gasteiger partial charge is 0.497 e. The highest BCUT2D eigenvalue weighted by molar-refractivity contribution is 7.89. The Hall–Kier alpha value is -2.12. The van der Waals surface area contributed by atoms with Crippen molar-refractivity contribution >= 4 is 10.0 Å². The lowest BCUT2D eigenvalue weighted by atomic mass is 10.1. The predicted molar refractivity (Wildman–Crippen MR) is 94.4 cm³/mol. The standard InChI is InChI=1S/C17H23N3O3S/c1-4-5-6-12-24(21,22)19-16(17-18-10-11-20(17)2)14-8-7-9-15(13-14)23-3/h4,7-11,13,16,19H,1,5-6,12H2,2-3H3. The lowest BCUT2D eigenvalue weighted by molar-refractivity contribution is 0.413. The molecule has 130 valence electrons. The summed E-state index contributed by atoms with van der Waals surface area (Å²) in [4.78, 5) is 4.31. The highest BCUT2D eigenvalue weighted by Crippen LogP contribution is 2.25. The van der Waals surface area contributed by atoms with Crippen LogP contribution in [0.3, 0.4) is 0 Å². The molecule has 0 saturated carbocycles. The normalized spacial score (nSPS) is 12.8. The first-order valence-electron chi connectivity index (χ1n) is 7.69. The summed E-state index contributed by atoms with van der Waals surface area (Å²) in [5.74, 6) is 1.33. The van der Waals surface area contributed by atoms with E-state index in [4.69, 9.17) is 4.74 Å². The highest BCUT2D eigenvalue weighted by atomic mass is 32.2. The Morgan fingerprint density at radius 2 is 2.25 bits per heavy atom. The monoisotopic (exact) mass is 349 g/mol. The predicted octanol–water partition coefficient (Wildman–Crippen LogP) is 2.40. The Balaban J connectivity index is 2.33. The molecule has 1 aromatic carbocycles. The van der Waals surface area contributed by atoms with E-state index in [1.807, 2.05) is 31.3 Å². The second-order valence-electron chi connectivity index (χ2n) is 5.47. The summed E-state index contributed by atoms with van der Waals surface area (Å²) in [6, 6.07) is 6.74. The number of methoxy groups -OCH3 is 1. The van der Waals surface area contributed by atoms with E-state index in [0.717, 1.165) is 5.56 Å². The van der Waals surface area contributed by atoms with Crippen LogP contribution in [0.5, 0.6) is 5.75 Å². The molecule has 0 bridgehead atoms. The number of rotatable bonds is 9. The van der Waals surface area contributed by atoms with Crippen LogP contribution in [0.4, 0.5) is 0 Å². The van der Waals surface area contributed by atoms with Crippen molar-refractivity contribution < 1.29 is 13.2 Å². The molecule has 7 heteroatoms.